The molecule has 78 valence electrons. The van der Waals surface area contributed by atoms with Crippen molar-refractivity contribution in [3.63, 3.8) is 0 Å². The van der Waals surface area contributed by atoms with E-state index in [0.717, 1.165) is 19.3 Å². The van der Waals surface area contributed by atoms with Gasteiger partial charge in [-0.05, 0) is 39.0 Å². The van der Waals surface area contributed by atoms with Gasteiger partial charge in [-0.2, -0.15) is 0 Å². The second-order valence-electron chi connectivity index (χ2n) is 4.29. The van der Waals surface area contributed by atoms with Crippen molar-refractivity contribution in [1.82, 2.24) is 4.98 Å². The van der Waals surface area contributed by atoms with Crippen LogP contribution in [-0.4, -0.2) is 16.2 Å². The second kappa shape index (κ2) is 3.99. The summed E-state index contributed by atoms with van der Waals surface area (Å²) in [5, 5.41) is 10.7. The molecule has 1 fully saturated rings. The fourth-order valence-electron chi connectivity index (χ4n) is 2.11. The first kappa shape index (κ1) is 10.1. The molecule has 2 rings (SSSR count). The number of aromatic nitrogens is 1. The fraction of sp³-hybridized carbons (Fsp3) is 0.727. The van der Waals surface area contributed by atoms with E-state index in [9.17, 15) is 5.11 Å². The maximum atomic E-state index is 9.42. The highest BCUT2D eigenvalue weighted by molar-refractivity contribution is 7.11. The van der Waals surface area contributed by atoms with Crippen LogP contribution in [0.4, 0.5) is 0 Å². The average Bonchev–Trinajstić information content (AvgIpc) is 2.62. The van der Waals surface area contributed by atoms with Crippen LogP contribution in [0.15, 0.2) is 0 Å². The van der Waals surface area contributed by atoms with E-state index < -0.39 is 0 Å². The topological polar surface area (TPSA) is 33.1 Å². The molecule has 0 bridgehead atoms. The molecule has 1 aliphatic carbocycles. The van der Waals surface area contributed by atoms with Gasteiger partial charge in [-0.3, -0.25) is 0 Å². The Labute approximate surface area is 89.0 Å². The molecular formula is C11H17NOS. The predicted octanol–water partition coefficient (Wildman–Crippen LogP) is 2.46. The molecule has 14 heavy (non-hydrogen) atoms. The maximum Gasteiger partial charge on any atom is 0.0933 e. The van der Waals surface area contributed by atoms with Crippen LogP contribution < -0.4 is 0 Å². The van der Waals surface area contributed by atoms with Crippen molar-refractivity contribution in [3.05, 3.63) is 15.6 Å². The van der Waals surface area contributed by atoms with E-state index in [1.165, 1.54) is 22.0 Å². The molecule has 0 spiro atoms. The lowest BCUT2D eigenvalue weighted by atomic mass is 10.0. The summed E-state index contributed by atoms with van der Waals surface area (Å²) in [7, 11) is 0. The Morgan fingerprint density at radius 2 is 2.21 bits per heavy atom. The van der Waals surface area contributed by atoms with E-state index in [1.54, 1.807) is 0 Å². The van der Waals surface area contributed by atoms with Crippen molar-refractivity contribution in [3.8, 4) is 0 Å². The van der Waals surface area contributed by atoms with Crippen LogP contribution in [0.25, 0.3) is 0 Å². The maximum absolute atomic E-state index is 9.42. The molecule has 0 aromatic carbocycles. The molecular weight excluding hydrogens is 194 g/mol. The summed E-state index contributed by atoms with van der Waals surface area (Å²) in [6.45, 7) is 4.19. The number of aryl methyl sites for hydroxylation is 2. The van der Waals surface area contributed by atoms with Crippen LogP contribution in [-0.2, 0) is 6.42 Å². The predicted molar refractivity (Wildman–Crippen MR) is 58.6 cm³/mol. The molecule has 0 aliphatic heterocycles. The standard InChI is InChI=1S/C11H17NOS/c1-7-8(2)14-11(12-7)6-9-3-4-10(13)5-9/h9-10,13H,3-6H2,1-2H3. The summed E-state index contributed by atoms with van der Waals surface area (Å²) in [6.07, 6.45) is 4.13. The smallest absolute Gasteiger partial charge is 0.0933 e. The minimum Gasteiger partial charge on any atom is -0.393 e. The zero-order valence-corrected chi connectivity index (χ0v) is 9.60. The van der Waals surface area contributed by atoms with E-state index in [0.29, 0.717) is 5.92 Å². The molecule has 2 nitrogen and oxygen atoms in total. The molecule has 1 aromatic heterocycles. The lowest BCUT2D eigenvalue weighted by molar-refractivity contribution is 0.177. The van der Waals surface area contributed by atoms with Gasteiger partial charge < -0.3 is 5.11 Å². The van der Waals surface area contributed by atoms with Crippen LogP contribution >= 0.6 is 11.3 Å². The Hall–Kier alpha value is -0.410. The van der Waals surface area contributed by atoms with Crippen LogP contribution in [0.2, 0.25) is 0 Å². The number of hydrogen-bond acceptors (Lipinski definition) is 3. The Morgan fingerprint density at radius 1 is 1.43 bits per heavy atom. The molecule has 1 saturated carbocycles. The monoisotopic (exact) mass is 211 g/mol. The van der Waals surface area contributed by atoms with Crippen molar-refractivity contribution in [2.75, 3.05) is 0 Å². The van der Waals surface area contributed by atoms with Crippen LogP contribution in [0, 0.1) is 19.8 Å². The van der Waals surface area contributed by atoms with Gasteiger partial charge in [0.2, 0.25) is 0 Å². The summed E-state index contributed by atoms with van der Waals surface area (Å²) in [5.41, 5.74) is 1.17. The number of hydrogen-bond donors (Lipinski definition) is 1. The van der Waals surface area contributed by atoms with Crippen LogP contribution in [0.5, 0.6) is 0 Å². The van der Waals surface area contributed by atoms with Crippen molar-refractivity contribution < 1.29 is 5.11 Å². The third-order valence-electron chi connectivity index (χ3n) is 3.05. The fourth-order valence-corrected chi connectivity index (χ4v) is 3.16. The summed E-state index contributed by atoms with van der Waals surface area (Å²) in [5.74, 6) is 0.662. The number of thiazole rings is 1. The van der Waals surface area contributed by atoms with Gasteiger partial charge in [0.05, 0.1) is 16.8 Å². The van der Waals surface area contributed by atoms with Crippen LogP contribution in [0.1, 0.15) is 34.8 Å². The lowest BCUT2D eigenvalue weighted by Gasteiger charge is -2.05. The molecule has 1 aromatic rings. The highest BCUT2D eigenvalue weighted by Crippen LogP contribution is 2.30. The van der Waals surface area contributed by atoms with Crippen LogP contribution in [0.3, 0.4) is 0 Å². The van der Waals surface area contributed by atoms with Gasteiger partial charge in [0.25, 0.3) is 0 Å². The first-order chi connectivity index (χ1) is 6.65. The van der Waals surface area contributed by atoms with Crippen molar-refractivity contribution in [2.45, 2.75) is 45.6 Å². The SMILES string of the molecule is Cc1nc(CC2CCC(O)C2)sc1C. The van der Waals surface area contributed by atoms with Crippen molar-refractivity contribution >= 4 is 11.3 Å². The largest absolute Gasteiger partial charge is 0.393 e. The minimum atomic E-state index is -0.0536. The molecule has 0 saturated heterocycles. The van der Waals surface area contributed by atoms with Gasteiger partial charge >= 0.3 is 0 Å². The highest BCUT2D eigenvalue weighted by Gasteiger charge is 2.23. The number of aliphatic hydroxyl groups excluding tert-OH is 1. The molecule has 1 N–H and O–H groups in total. The number of nitrogens with zero attached hydrogens (tertiary/aromatic N) is 1. The summed E-state index contributed by atoms with van der Waals surface area (Å²) >= 11 is 1.81. The van der Waals surface area contributed by atoms with Gasteiger partial charge in [-0.25, -0.2) is 4.98 Å². The van der Waals surface area contributed by atoms with Crippen molar-refractivity contribution in [1.29, 1.82) is 0 Å². The molecule has 1 heterocycles. The molecule has 3 heteroatoms. The molecule has 0 amide bonds. The Morgan fingerprint density at radius 3 is 2.71 bits per heavy atom. The first-order valence-electron chi connectivity index (χ1n) is 5.26. The molecule has 2 unspecified atom stereocenters. The Balaban J connectivity index is 1.97. The normalized spacial score (nSPS) is 27.1. The summed E-state index contributed by atoms with van der Waals surface area (Å²) < 4.78 is 0. The second-order valence-corrected chi connectivity index (χ2v) is 5.57. The van der Waals surface area contributed by atoms with Crippen molar-refractivity contribution in [2.24, 2.45) is 5.92 Å². The number of aliphatic hydroxyl groups is 1. The third-order valence-corrected chi connectivity index (χ3v) is 4.14. The zero-order chi connectivity index (χ0) is 10.1. The molecule has 0 radical (unpaired) electrons. The molecule has 1 aliphatic rings. The average molecular weight is 211 g/mol. The Bertz CT molecular complexity index is 302. The third kappa shape index (κ3) is 2.15. The number of rotatable bonds is 2. The first-order valence-corrected chi connectivity index (χ1v) is 6.07. The zero-order valence-electron chi connectivity index (χ0n) is 8.79. The molecule has 2 atom stereocenters. The van der Waals surface area contributed by atoms with Gasteiger partial charge in [0, 0.05) is 11.3 Å². The van der Waals surface area contributed by atoms with E-state index in [4.69, 9.17) is 0 Å². The van der Waals surface area contributed by atoms with E-state index in [2.05, 4.69) is 18.8 Å². The van der Waals surface area contributed by atoms with E-state index >= 15 is 0 Å². The van der Waals surface area contributed by atoms with Gasteiger partial charge in [-0.15, -0.1) is 11.3 Å². The van der Waals surface area contributed by atoms with Gasteiger partial charge in [0.1, 0.15) is 0 Å². The minimum absolute atomic E-state index is 0.0536. The summed E-state index contributed by atoms with van der Waals surface area (Å²) in [6, 6.07) is 0. The Kier molecular flexibility index (Phi) is 2.88. The lowest BCUT2D eigenvalue weighted by Crippen LogP contribution is -2.02. The highest BCUT2D eigenvalue weighted by atomic mass is 32.1. The van der Waals surface area contributed by atoms with E-state index in [-0.39, 0.29) is 6.10 Å². The summed E-state index contributed by atoms with van der Waals surface area (Å²) in [4.78, 5) is 5.87. The van der Waals surface area contributed by atoms with Gasteiger partial charge in [0.15, 0.2) is 0 Å². The van der Waals surface area contributed by atoms with E-state index in [1.807, 2.05) is 11.3 Å². The van der Waals surface area contributed by atoms with Gasteiger partial charge in [-0.1, -0.05) is 0 Å². The quantitative estimate of drug-likeness (QED) is 0.815.